The highest BCUT2D eigenvalue weighted by Crippen LogP contribution is 2.37. The summed E-state index contributed by atoms with van der Waals surface area (Å²) in [6.07, 6.45) is 4.59. The number of hydrogen-bond acceptors (Lipinski definition) is 6. The molecule has 1 N–H and O–H groups in total. The van der Waals surface area contributed by atoms with Crippen LogP contribution in [-0.4, -0.2) is 65.2 Å². The van der Waals surface area contributed by atoms with Gasteiger partial charge in [0.1, 0.15) is 29.0 Å². The van der Waals surface area contributed by atoms with Crippen LogP contribution in [0.3, 0.4) is 0 Å². The first-order chi connectivity index (χ1) is 18.9. The number of amides is 1. The van der Waals surface area contributed by atoms with Crippen LogP contribution >= 0.6 is 0 Å². The number of carbonyl (C=O) groups is 1. The van der Waals surface area contributed by atoms with Crippen LogP contribution in [0.15, 0.2) is 54.9 Å². The van der Waals surface area contributed by atoms with Gasteiger partial charge in [0.05, 0.1) is 17.8 Å². The molecule has 0 spiro atoms. The zero-order valence-electron chi connectivity index (χ0n) is 21.4. The first kappa shape index (κ1) is 25.2. The van der Waals surface area contributed by atoms with E-state index >= 15 is 4.39 Å². The molecule has 6 rings (SSSR count). The van der Waals surface area contributed by atoms with Gasteiger partial charge in [-0.05, 0) is 62.4 Å². The van der Waals surface area contributed by atoms with Gasteiger partial charge in [0.15, 0.2) is 5.65 Å². The summed E-state index contributed by atoms with van der Waals surface area (Å²) in [7, 11) is 2.05. The van der Waals surface area contributed by atoms with Crippen LogP contribution in [0, 0.1) is 17.5 Å². The third kappa shape index (κ3) is 4.89. The maximum atomic E-state index is 15.0. The minimum atomic E-state index is -0.611. The Morgan fingerprint density at radius 2 is 1.79 bits per heavy atom. The third-order valence-corrected chi connectivity index (χ3v) is 7.53. The Morgan fingerprint density at radius 3 is 2.59 bits per heavy atom. The number of anilines is 3. The number of nitrogens with zero attached hydrogens (tertiary/aromatic N) is 6. The van der Waals surface area contributed by atoms with Crippen LogP contribution in [0.25, 0.3) is 5.65 Å². The van der Waals surface area contributed by atoms with Gasteiger partial charge < -0.3 is 20.0 Å². The van der Waals surface area contributed by atoms with Gasteiger partial charge >= 0.3 is 0 Å². The monoisotopic (exact) mass is 535 g/mol. The fourth-order valence-electron chi connectivity index (χ4n) is 5.38. The van der Waals surface area contributed by atoms with E-state index in [1.54, 1.807) is 18.3 Å². The molecule has 11 heteroatoms. The molecule has 0 bridgehead atoms. The average Bonchev–Trinajstić information content (AvgIpc) is 3.57. The summed E-state index contributed by atoms with van der Waals surface area (Å²) in [5.41, 5.74) is 1.63. The molecular weight excluding hydrogens is 507 g/mol. The standard InChI is InChI=1S/C28H28F3N7O/c1-35-11-13-36(14-12-35)19-5-6-20(23(31)16-19)28(39)33-24-17-32-38-10-8-26(34-27(24)38)37-9-2-3-25(37)21-15-18(29)4-7-22(21)30/h4-8,10,15-17,25H,2-3,9,11-14H2,1H3,(H,33,39). The summed E-state index contributed by atoms with van der Waals surface area (Å²) in [5.74, 6) is -1.63. The molecular formula is C28H28F3N7O. The van der Waals surface area contributed by atoms with Crippen molar-refractivity contribution in [2.24, 2.45) is 0 Å². The fraction of sp³-hybridized carbons (Fsp3) is 0.321. The van der Waals surface area contributed by atoms with Gasteiger partial charge in [0.2, 0.25) is 0 Å². The molecule has 2 aliphatic heterocycles. The van der Waals surface area contributed by atoms with Crippen molar-refractivity contribution in [2.75, 3.05) is 54.9 Å². The number of hydrogen-bond donors (Lipinski definition) is 1. The summed E-state index contributed by atoms with van der Waals surface area (Å²) in [6, 6.07) is 9.49. The van der Waals surface area contributed by atoms with Crippen molar-refractivity contribution < 1.29 is 18.0 Å². The van der Waals surface area contributed by atoms with Gasteiger partial charge in [0, 0.05) is 50.2 Å². The normalized spacial score (nSPS) is 18.2. The van der Waals surface area contributed by atoms with Crippen molar-refractivity contribution in [1.29, 1.82) is 0 Å². The van der Waals surface area contributed by atoms with Gasteiger partial charge in [-0.1, -0.05) is 0 Å². The van der Waals surface area contributed by atoms with E-state index in [4.69, 9.17) is 0 Å². The first-order valence-electron chi connectivity index (χ1n) is 13.0. The lowest BCUT2D eigenvalue weighted by molar-refractivity contribution is 0.102. The predicted octanol–water partition coefficient (Wildman–Crippen LogP) is 4.49. The van der Waals surface area contributed by atoms with Crippen molar-refractivity contribution >= 4 is 28.7 Å². The molecule has 2 saturated heterocycles. The topological polar surface area (TPSA) is 69.0 Å². The second-order valence-electron chi connectivity index (χ2n) is 10.0. The van der Waals surface area contributed by atoms with Crippen molar-refractivity contribution in [1.82, 2.24) is 19.5 Å². The van der Waals surface area contributed by atoms with E-state index in [0.717, 1.165) is 50.4 Å². The second kappa shape index (κ2) is 10.2. The fourth-order valence-corrected chi connectivity index (χ4v) is 5.38. The van der Waals surface area contributed by atoms with E-state index in [1.165, 1.54) is 28.9 Å². The number of likely N-dealkylation sites (N-methyl/N-ethyl adjacent to an activating group) is 1. The number of aromatic nitrogens is 3. The Kier molecular flexibility index (Phi) is 6.59. The molecule has 2 fully saturated rings. The molecule has 1 amide bonds. The lowest BCUT2D eigenvalue weighted by atomic mass is 10.0. The molecule has 2 aliphatic rings. The maximum Gasteiger partial charge on any atom is 0.258 e. The molecule has 39 heavy (non-hydrogen) atoms. The van der Waals surface area contributed by atoms with E-state index in [0.29, 0.717) is 30.1 Å². The Hall–Kier alpha value is -4.12. The lowest BCUT2D eigenvalue weighted by Crippen LogP contribution is -2.44. The molecule has 0 aliphatic carbocycles. The van der Waals surface area contributed by atoms with Crippen LogP contribution < -0.4 is 15.1 Å². The number of carbonyl (C=O) groups excluding carboxylic acids is 1. The highest BCUT2D eigenvalue weighted by atomic mass is 19.1. The van der Waals surface area contributed by atoms with Crippen molar-refractivity contribution in [3.05, 3.63) is 83.4 Å². The SMILES string of the molecule is CN1CCN(c2ccc(C(=O)Nc3cnn4ccc(N5CCCC5c5cc(F)ccc5F)nc34)c(F)c2)CC1. The number of nitrogens with one attached hydrogen (secondary N) is 1. The summed E-state index contributed by atoms with van der Waals surface area (Å²) < 4.78 is 44.9. The van der Waals surface area contributed by atoms with Crippen molar-refractivity contribution in [3.8, 4) is 0 Å². The third-order valence-electron chi connectivity index (χ3n) is 7.53. The molecule has 1 atom stereocenters. The minimum Gasteiger partial charge on any atom is -0.369 e. The van der Waals surface area contributed by atoms with E-state index in [-0.39, 0.29) is 17.2 Å². The number of rotatable bonds is 5. The molecule has 8 nitrogen and oxygen atoms in total. The summed E-state index contributed by atoms with van der Waals surface area (Å²) in [6.45, 7) is 3.99. The number of fused-ring (bicyclic) bond motifs is 1. The second-order valence-corrected chi connectivity index (χ2v) is 10.0. The minimum absolute atomic E-state index is 0.0791. The van der Waals surface area contributed by atoms with Crippen LogP contribution in [0.1, 0.15) is 34.8 Å². The Morgan fingerprint density at radius 1 is 0.974 bits per heavy atom. The Labute approximate surface area is 223 Å². The van der Waals surface area contributed by atoms with Crippen molar-refractivity contribution in [2.45, 2.75) is 18.9 Å². The zero-order valence-corrected chi connectivity index (χ0v) is 21.4. The van der Waals surface area contributed by atoms with Crippen LogP contribution in [0.5, 0.6) is 0 Å². The highest BCUT2D eigenvalue weighted by molar-refractivity contribution is 6.06. The Balaban J connectivity index is 1.23. The van der Waals surface area contributed by atoms with Gasteiger partial charge in [-0.25, -0.2) is 22.7 Å². The van der Waals surface area contributed by atoms with Crippen LogP contribution in [0.4, 0.5) is 30.4 Å². The zero-order chi connectivity index (χ0) is 27.1. The van der Waals surface area contributed by atoms with Crippen LogP contribution in [0.2, 0.25) is 0 Å². The van der Waals surface area contributed by atoms with E-state index in [9.17, 15) is 13.6 Å². The Bertz CT molecular complexity index is 1530. The van der Waals surface area contributed by atoms with Gasteiger partial charge in [-0.2, -0.15) is 5.10 Å². The number of benzene rings is 2. The van der Waals surface area contributed by atoms with Crippen LogP contribution in [-0.2, 0) is 0 Å². The molecule has 4 heterocycles. The summed E-state index contributed by atoms with van der Waals surface area (Å²) in [4.78, 5) is 24.0. The number of halogens is 3. The van der Waals surface area contributed by atoms with Gasteiger partial charge in [-0.3, -0.25) is 4.79 Å². The van der Waals surface area contributed by atoms with E-state index in [2.05, 4.69) is 32.2 Å². The van der Waals surface area contributed by atoms with Gasteiger partial charge in [-0.15, -0.1) is 0 Å². The first-order valence-corrected chi connectivity index (χ1v) is 13.0. The summed E-state index contributed by atoms with van der Waals surface area (Å²) in [5, 5.41) is 6.98. The van der Waals surface area contributed by atoms with Crippen molar-refractivity contribution in [3.63, 3.8) is 0 Å². The molecule has 1 unspecified atom stereocenters. The number of piperazine rings is 1. The maximum absolute atomic E-state index is 15.0. The molecule has 0 saturated carbocycles. The molecule has 2 aromatic heterocycles. The molecule has 2 aromatic carbocycles. The van der Waals surface area contributed by atoms with E-state index < -0.39 is 23.4 Å². The highest BCUT2D eigenvalue weighted by Gasteiger charge is 2.30. The predicted molar refractivity (Wildman–Crippen MR) is 143 cm³/mol. The molecule has 4 aromatic rings. The van der Waals surface area contributed by atoms with Gasteiger partial charge in [0.25, 0.3) is 5.91 Å². The smallest absolute Gasteiger partial charge is 0.258 e. The lowest BCUT2D eigenvalue weighted by Gasteiger charge is -2.34. The largest absolute Gasteiger partial charge is 0.369 e. The molecule has 202 valence electrons. The average molecular weight is 536 g/mol. The summed E-state index contributed by atoms with van der Waals surface area (Å²) >= 11 is 0. The quantitative estimate of drug-likeness (QED) is 0.406. The van der Waals surface area contributed by atoms with E-state index in [1.807, 2.05) is 4.90 Å². The molecule has 0 radical (unpaired) electrons.